The van der Waals surface area contributed by atoms with Crippen LogP contribution in [0.4, 0.5) is 22.0 Å². The Morgan fingerprint density at radius 2 is 1.77 bits per heavy atom. The Bertz CT molecular complexity index is 1340. The van der Waals surface area contributed by atoms with Crippen molar-refractivity contribution in [3.8, 4) is 5.75 Å². The molecule has 0 radical (unpaired) electrons. The van der Waals surface area contributed by atoms with E-state index < -0.39 is 42.2 Å². The minimum Gasteiger partial charge on any atom is -0.428 e. The quantitative estimate of drug-likeness (QED) is 0.289. The van der Waals surface area contributed by atoms with E-state index in [1.165, 1.54) is 36.4 Å². The van der Waals surface area contributed by atoms with E-state index in [-0.39, 0.29) is 6.42 Å². The first-order chi connectivity index (χ1) is 18.5. The van der Waals surface area contributed by atoms with Crippen molar-refractivity contribution < 1.29 is 36.6 Å². The van der Waals surface area contributed by atoms with Crippen LogP contribution in [0.5, 0.6) is 5.75 Å². The van der Waals surface area contributed by atoms with Gasteiger partial charge in [0.25, 0.3) is 5.91 Å². The van der Waals surface area contributed by atoms with Gasteiger partial charge >= 0.3 is 12.5 Å². The summed E-state index contributed by atoms with van der Waals surface area (Å²) in [5, 5.41) is 14.0. The summed E-state index contributed by atoms with van der Waals surface area (Å²) in [6, 6.07) is 14.7. The Labute approximate surface area is 223 Å². The van der Waals surface area contributed by atoms with Gasteiger partial charge in [0.15, 0.2) is 0 Å². The molecular formula is C30H28F5NO3. The van der Waals surface area contributed by atoms with E-state index in [0.29, 0.717) is 16.7 Å². The molecule has 39 heavy (non-hydrogen) atoms. The predicted octanol–water partition coefficient (Wildman–Crippen LogP) is 6.88. The zero-order chi connectivity index (χ0) is 28.2. The molecule has 3 aromatic carbocycles. The summed E-state index contributed by atoms with van der Waals surface area (Å²) in [7, 11) is 0. The van der Waals surface area contributed by atoms with Gasteiger partial charge in [-0.2, -0.15) is 17.6 Å². The molecule has 0 heterocycles. The Morgan fingerprint density at radius 3 is 2.49 bits per heavy atom. The summed E-state index contributed by atoms with van der Waals surface area (Å²) in [4.78, 5) is 13.5. The summed E-state index contributed by atoms with van der Waals surface area (Å²) in [6.07, 6.45) is -5.43. The molecule has 2 N–H and O–H groups in total. The second-order valence-corrected chi connectivity index (χ2v) is 9.62. The molecule has 0 aliphatic heterocycles. The number of ether oxygens (including phenoxy) is 1. The van der Waals surface area contributed by atoms with E-state index in [0.717, 1.165) is 48.1 Å². The van der Waals surface area contributed by atoms with Crippen molar-refractivity contribution in [3.05, 3.63) is 106 Å². The zero-order valence-electron chi connectivity index (χ0n) is 21.1. The van der Waals surface area contributed by atoms with Crippen LogP contribution in [-0.2, 0) is 12.8 Å². The third kappa shape index (κ3) is 7.03. The molecule has 0 saturated carbocycles. The summed E-state index contributed by atoms with van der Waals surface area (Å²) >= 11 is 0. The van der Waals surface area contributed by atoms with Gasteiger partial charge in [0.2, 0.25) is 0 Å². The van der Waals surface area contributed by atoms with Gasteiger partial charge < -0.3 is 15.2 Å². The lowest BCUT2D eigenvalue weighted by atomic mass is 9.94. The lowest BCUT2D eigenvalue weighted by Crippen LogP contribution is -2.41. The molecule has 0 bridgehead atoms. The highest BCUT2D eigenvalue weighted by Gasteiger charge is 2.44. The highest BCUT2D eigenvalue weighted by Crippen LogP contribution is 2.30. The van der Waals surface area contributed by atoms with Crippen LogP contribution < -0.4 is 10.1 Å². The summed E-state index contributed by atoms with van der Waals surface area (Å²) in [5.41, 5.74) is 4.03. The molecule has 3 aromatic rings. The molecule has 0 saturated heterocycles. The third-order valence-electron chi connectivity index (χ3n) is 6.62. The van der Waals surface area contributed by atoms with Gasteiger partial charge in [-0.25, -0.2) is 4.39 Å². The summed E-state index contributed by atoms with van der Waals surface area (Å²) in [6.45, 7) is 2.00. The maximum absolute atomic E-state index is 13.5. The molecule has 0 aromatic heterocycles. The van der Waals surface area contributed by atoms with Crippen molar-refractivity contribution in [2.45, 2.75) is 57.3 Å². The minimum atomic E-state index is -4.68. The third-order valence-corrected chi connectivity index (χ3v) is 6.62. The van der Waals surface area contributed by atoms with Gasteiger partial charge in [-0.1, -0.05) is 48.0 Å². The van der Waals surface area contributed by atoms with Crippen molar-refractivity contribution in [1.29, 1.82) is 0 Å². The topological polar surface area (TPSA) is 58.6 Å². The van der Waals surface area contributed by atoms with Crippen molar-refractivity contribution >= 4 is 12.0 Å². The normalized spacial score (nSPS) is 15.1. The Hall–Kier alpha value is -3.72. The number of nitrogens with one attached hydrogen (secondary N) is 1. The van der Waals surface area contributed by atoms with Crippen LogP contribution in [0.3, 0.4) is 0 Å². The zero-order valence-corrected chi connectivity index (χ0v) is 21.1. The van der Waals surface area contributed by atoms with E-state index in [9.17, 15) is 31.9 Å². The monoisotopic (exact) mass is 545 g/mol. The van der Waals surface area contributed by atoms with Crippen LogP contribution in [0.2, 0.25) is 0 Å². The lowest BCUT2D eigenvalue weighted by molar-refractivity contribution is -0.253. The number of rotatable bonds is 9. The van der Waals surface area contributed by atoms with Gasteiger partial charge in [0.05, 0.1) is 12.1 Å². The lowest BCUT2D eigenvalue weighted by Gasteiger charge is -2.26. The fraction of sp³-hybridized carbons (Fsp3) is 0.300. The second kappa shape index (κ2) is 12.0. The van der Waals surface area contributed by atoms with Crippen molar-refractivity contribution in [3.63, 3.8) is 0 Å². The number of aryl methyl sites for hydroxylation is 1. The average Bonchev–Trinajstić information content (AvgIpc) is 3.08. The molecule has 4 nitrogen and oxygen atoms in total. The number of carbonyl (C=O) groups is 1. The van der Waals surface area contributed by atoms with Gasteiger partial charge in [-0.3, -0.25) is 4.79 Å². The Kier molecular flexibility index (Phi) is 8.70. The second-order valence-electron chi connectivity index (χ2n) is 9.62. The largest absolute Gasteiger partial charge is 0.461 e. The molecule has 0 fully saturated rings. The smallest absolute Gasteiger partial charge is 0.428 e. The number of halogens is 5. The van der Waals surface area contributed by atoms with Gasteiger partial charge in [-0.15, -0.1) is 0 Å². The number of aliphatic hydroxyl groups is 1. The molecule has 2 atom stereocenters. The van der Waals surface area contributed by atoms with Crippen molar-refractivity contribution in [2.75, 3.05) is 0 Å². The molecule has 9 heteroatoms. The van der Waals surface area contributed by atoms with E-state index in [1.54, 1.807) is 12.1 Å². The first-order valence-corrected chi connectivity index (χ1v) is 12.5. The highest BCUT2D eigenvalue weighted by molar-refractivity contribution is 5.98. The van der Waals surface area contributed by atoms with Crippen LogP contribution >= 0.6 is 0 Å². The van der Waals surface area contributed by atoms with Crippen LogP contribution in [0.15, 0.2) is 72.3 Å². The number of carbonyl (C=O) groups excluding carboxylic acids is 1. The predicted molar refractivity (Wildman–Crippen MR) is 137 cm³/mol. The van der Waals surface area contributed by atoms with E-state index in [2.05, 4.69) is 10.1 Å². The van der Waals surface area contributed by atoms with Gasteiger partial charge in [-0.05, 0) is 85.2 Å². The summed E-state index contributed by atoms with van der Waals surface area (Å²) in [5.74, 6) is -1.46. The molecule has 4 rings (SSSR count). The van der Waals surface area contributed by atoms with Gasteiger partial charge in [0.1, 0.15) is 11.6 Å². The van der Waals surface area contributed by atoms with E-state index in [1.807, 2.05) is 19.1 Å². The number of aliphatic hydroxyl groups excluding tert-OH is 1. The Balaban J connectivity index is 1.64. The first kappa shape index (κ1) is 28.3. The molecular weight excluding hydrogens is 517 g/mol. The first-order valence-electron chi connectivity index (χ1n) is 12.5. The number of hydrogen-bond acceptors (Lipinski definition) is 3. The van der Waals surface area contributed by atoms with Crippen molar-refractivity contribution in [1.82, 2.24) is 5.32 Å². The van der Waals surface area contributed by atoms with E-state index >= 15 is 0 Å². The SMILES string of the molecule is CC1=Cc2c(cccc2C(=O)NC(Cc2cccc(OC(F)(F)C(F)F)c2)C(O)c2ccc(F)cc2)CCC1. The van der Waals surface area contributed by atoms with Crippen LogP contribution in [0, 0.1) is 5.82 Å². The molecule has 2 unspecified atom stereocenters. The fourth-order valence-corrected chi connectivity index (χ4v) is 4.65. The van der Waals surface area contributed by atoms with E-state index in [4.69, 9.17) is 0 Å². The number of benzene rings is 3. The fourth-order valence-electron chi connectivity index (χ4n) is 4.65. The van der Waals surface area contributed by atoms with Crippen LogP contribution in [0.25, 0.3) is 6.08 Å². The molecule has 206 valence electrons. The number of allylic oxidation sites excluding steroid dienone is 1. The molecule has 0 spiro atoms. The maximum atomic E-state index is 13.5. The number of fused-ring (bicyclic) bond motifs is 1. The molecule has 1 aliphatic carbocycles. The molecule has 1 aliphatic rings. The number of alkyl halides is 4. The molecule has 1 amide bonds. The van der Waals surface area contributed by atoms with Crippen LogP contribution in [0.1, 0.15) is 58.5 Å². The van der Waals surface area contributed by atoms with Gasteiger partial charge in [0, 0.05) is 5.56 Å². The highest BCUT2D eigenvalue weighted by atomic mass is 19.3. The average molecular weight is 546 g/mol. The number of hydrogen-bond donors (Lipinski definition) is 2. The maximum Gasteiger partial charge on any atom is 0.461 e. The van der Waals surface area contributed by atoms with Crippen molar-refractivity contribution in [2.24, 2.45) is 0 Å². The Morgan fingerprint density at radius 1 is 1.05 bits per heavy atom. The number of amides is 1. The standard InChI is InChI=1S/C30H28F5NO3/c1-18-5-2-7-20-8-4-10-24(25(20)15-18)28(38)36-26(27(37)21-11-13-22(31)14-12-21)17-19-6-3-9-23(16-19)39-30(34,35)29(32)33/h3-4,6,8-16,26-27,29,37H,2,5,7,17H2,1H3,(H,36,38). The summed E-state index contributed by atoms with van der Waals surface area (Å²) < 4.78 is 69.9. The van der Waals surface area contributed by atoms with Crippen LogP contribution in [-0.4, -0.2) is 29.6 Å². The minimum absolute atomic E-state index is 0.0639.